The molecule has 0 aliphatic carbocycles. The van der Waals surface area contributed by atoms with E-state index in [1.54, 1.807) is 4.90 Å². The molecule has 32 heavy (non-hydrogen) atoms. The number of carbonyl (C=O) groups excluding carboxylic acids is 2. The normalized spacial score (nSPS) is 16.1. The standard InChI is InChI=1S/C22H31N5O4S/c1-16(15-27-18(3)13-17(2)24-27)14-23-22(29)20-5-7-21(8-6-20)32(30,31)26-11-9-25(10-12-26)19(4)28/h5-8,13,16H,9-12,14-15H2,1-4H3,(H,23,29). The van der Waals surface area contributed by atoms with Crippen LogP contribution < -0.4 is 5.32 Å². The van der Waals surface area contributed by atoms with Crippen molar-refractivity contribution in [3.05, 3.63) is 47.3 Å². The topological polar surface area (TPSA) is 105 Å². The Morgan fingerprint density at radius 3 is 2.25 bits per heavy atom. The van der Waals surface area contributed by atoms with Crippen molar-refractivity contribution in [1.82, 2.24) is 24.3 Å². The lowest BCUT2D eigenvalue weighted by atomic mass is 10.1. The first-order chi connectivity index (χ1) is 15.1. The quantitative estimate of drug-likeness (QED) is 0.672. The van der Waals surface area contributed by atoms with Crippen LogP contribution in [-0.4, -0.2) is 71.9 Å². The molecule has 1 aliphatic heterocycles. The van der Waals surface area contributed by atoms with E-state index in [9.17, 15) is 18.0 Å². The SMILES string of the molecule is CC(=O)N1CCN(S(=O)(=O)c2ccc(C(=O)NCC(C)Cn3nc(C)cc3C)cc2)CC1. The van der Waals surface area contributed by atoms with E-state index >= 15 is 0 Å². The molecule has 2 aromatic rings. The monoisotopic (exact) mass is 461 g/mol. The Morgan fingerprint density at radius 2 is 1.72 bits per heavy atom. The molecule has 2 heterocycles. The Hall–Kier alpha value is -2.72. The summed E-state index contributed by atoms with van der Waals surface area (Å²) in [5, 5.41) is 7.35. The molecule has 1 N–H and O–H groups in total. The van der Waals surface area contributed by atoms with Crippen molar-refractivity contribution in [1.29, 1.82) is 0 Å². The summed E-state index contributed by atoms with van der Waals surface area (Å²) in [7, 11) is -3.66. The minimum atomic E-state index is -3.66. The highest BCUT2D eigenvalue weighted by Crippen LogP contribution is 2.18. The molecule has 1 aromatic heterocycles. The first-order valence-electron chi connectivity index (χ1n) is 10.7. The van der Waals surface area contributed by atoms with Gasteiger partial charge >= 0.3 is 0 Å². The predicted molar refractivity (Wildman–Crippen MR) is 121 cm³/mol. The number of aromatic nitrogens is 2. The van der Waals surface area contributed by atoms with Gasteiger partial charge in [-0.15, -0.1) is 0 Å². The minimum Gasteiger partial charge on any atom is -0.352 e. The van der Waals surface area contributed by atoms with Crippen molar-refractivity contribution in [2.75, 3.05) is 32.7 Å². The Morgan fingerprint density at radius 1 is 1.09 bits per heavy atom. The third-order valence-corrected chi connectivity index (χ3v) is 7.55. The van der Waals surface area contributed by atoms with E-state index in [4.69, 9.17) is 0 Å². The smallest absolute Gasteiger partial charge is 0.251 e. The lowest BCUT2D eigenvalue weighted by Crippen LogP contribution is -2.49. The Balaban J connectivity index is 1.55. The van der Waals surface area contributed by atoms with Crippen molar-refractivity contribution < 1.29 is 18.0 Å². The highest BCUT2D eigenvalue weighted by Gasteiger charge is 2.29. The van der Waals surface area contributed by atoms with Gasteiger partial charge in [0.2, 0.25) is 15.9 Å². The summed E-state index contributed by atoms with van der Waals surface area (Å²) in [6.07, 6.45) is 0. The van der Waals surface area contributed by atoms with Crippen LogP contribution >= 0.6 is 0 Å². The number of benzene rings is 1. The molecule has 1 saturated heterocycles. The van der Waals surface area contributed by atoms with Crippen molar-refractivity contribution in [3.63, 3.8) is 0 Å². The van der Waals surface area contributed by atoms with Crippen LogP contribution in [-0.2, 0) is 21.4 Å². The van der Waals surface area contributed by atoms with Crippen LogP contribution in [0.4, 0.5) is 0 Å². The molecule has 0 spiro atoms. The second-order valence-electron chi connectivity index (χ2n) is 8.36. The molecule has 1 aliphatic rings. The third-order valence-electron chi connectivity index (χ3n) is 5.64. The molecule has 0 radical (unpaired) electrons. The summed E-state index contributed by atoms with van der Waals surface area (Å²) in [6.45, 7) is 9.94. The maximum atomic E-state index is 12.9. The molecular weight excluding hydrogens is 430 g/mol. The first kappa shape index (κ1) is 23.9. The van der Waals surface area contributed by atoms with E-state index in [0.29, 0.717) is 31.7 Å². The number of rotatable bonds is 7. The Labute approximate surface area is 189 Å². The molecule has 1 aromatic carbocycles. The van der Waals surface area contributed by atoms with Crippen LogP contribution in [0.15, 0.2) is 35.2 Å². The molecule has 9 nitrogen and oxygen atoms in total. The zero-order valence-electron chi connectivity index (χ0n) is 19.0. The molecule has 2 amide bonds. The molecule has 10 heteroatoms. The molecule has 3 rings (SSSR count). The van der Waals surface area contributed by atoms with Gasteiger partial charge in [-0.1, -0.05) is 6.92 Å². The number of nitrogens with zero attached hydrogens (tertiary/aromatic N) is 4. The molecule has 174 valence electrons. The first-order valence-corrected chi connectivity index (χ1v) is 12.2. The number of carbonyl (C=O) groups is 2. The minimum absolute atomic E-state index is 0.0541. The molecule has 0 bridgehead atoms. The summed E-state index contributed by atoms with van der Waals surface area (Å²) in [6, 6.07) is 7.99. The van der Waals surface area contributed by atoms with E-state index in [2.05, 4.69) is 10.4 Å². The zero-order valence-corrected chi connectivity index (χ0v) is 19.9. The average Bonchev–Trinajstić information content (AvgIpc) is 3.08. The van der Waals surface area contributed by atoms with Gasteiger partial charge in [-0.3, -0.25) is 14.3 Å². The molecule has 0 saturated carbocycles. The van der Waals surface area contributed by atoms with E-state index in [1.807, 2.05) is 31.5 Å². The summed E-state index contributed by atoms with van der Waals surface area (Å²) in [5.74, 6) is -0.115. The molecule has 1 unspecified atom stereocenters. The predicted octanol–water partition coefficient (Wildman–Crippen LogP) is 1.42. The number of hydrogen-bond acceptors (Lipinski definition) is 5. The van der Waals surface area contributed by atoms with Crippen molar-refractivity contribution in [2.24, 2.45) is 5.92 Å². The fourth-order valence-corrected chi connectivity index (χ4v) is 5.18. The van der Waals surface area contributed by atoms with Crippen molar-refractivity contribution in [3.8, 4) is 0 Å². The largest absolute Gasteiger partial charge is 0.352 e. The van der Waals surface area contributed by atoms with Crippen LogP contribution in [0, 0.1) is 19.8 Å². The van der Waals surface area contributed by atoms with Gasteiger partial charge in [-0.2, -0.15) is 9.40 Å². The van der Waals surface area contributed by atoms with Crippen molar-refractivity contribution in [2.45, 2.75) is 39.1 Å². The zero-order chi connectivity index (χ0) is 23.5. The lowest BCUT2D eigenvalue weighted by Gasteiger charge is -2.33. The van der Waals surface area contributed by atoms with Crippen LogP contribution in [0.2, 0.25) is 0 Å². The Bertz CT molecular complexity index is 1070. The third kappa shape index (κ3) is 5.55. The fraction of sp³-hybridized carbons (Fsp3) is 0.500. The van der Waals surface area contributed by atoms with E-state index in [1.165, 1.54) is 35.5 Å². The van der Waals surface area contributed by atoms with Gasteiger partial charge in [-0.25, -0.2) is 8.42 Å². The number of hydrogen-bond donors (Lipinski definition) is 1. The lowest BCUT2D eigenvalue weighted by molar-refractivity contribution is -0.129. The van der Waals surface area contributed by atoms with Crippen LogP contribution in [0.1, 0.15) is 35.6 Å². The van der Waals surface area contributed by atoms with Crippen LogP contribution in [0.25, 0.3) is 0 Å². The number of amides is 2. The van der Waals surface area contributed by atoms with E-state index < -0.39 is 10.0 Å². The van der Waals surface area contributed by atoms with Gasteiger partial charge in [0.05, 0.1) is 10.6 Å². The van der Waals surface area contributed by atoms with Gasteiger partial charge in [0, 0.05) is 57.4 Å². The molecule has 1 fully saturated rings. The second-order valence-corrected chi connectivity index (χ2v) is 10.3. The van der Waals surface area contributed by atoms with E-state index in [-0.39, 0.29) is 35.7 Å². The summed E-state index contributed by atoms with van der Waals surface area (Å²) >= 11 is 0. The van der Waals surface area contributed by atoms with Crippen LogP contribution in [0.3, 0.4) is 0 Å². The van der Waals surface area contributed by atoms with Crippen molar-refractivity contribution >= 4 is 21.8 Å². The van der Waals surface area contributed by atoms with Gasteiger partial charge in [0.15, 0.2) is 0 Å². The number of piperazine rings is 1. The maximum Gasteiger partial charge on any atom is 0.251 e. The van der Waals surface area contributed by atoms with Gasteiger partial charge in [0.1, 0.15) is 0 Å². The van der Waals surface area contributed by atoms with Gasteiger partial charge < -0.3 is 10.2 Å². The van der Waals surface area contributed by atoms with Gasteiger partial charge in [0.25, 0.3) is 5.91 Å². The van der Waals surface area contributed by atoms with E-state index in [0.717, 1.165) is 11.4 Å². The highest BCUT2D eigenvalue weighted by molar-refractivity contribution is 7.89. The highest BCUT2D eigenvalue weighted by atomic mass is 32.2. The molecule has 1 atom stereocenters. The Kier molecular flexibility index (Phi) is 7.35. The summed E-state index contributed by atoms with van der Waals surface area (Å²) in [5.41, 5.74) is 2.46. The molecular formula is C22H31N5O4S. The summed E-state index contributed by atoms with van der Waals surface area (Å²) < 4.78 is 29.1. The second kappa shape index (κ2) is 9.83. The number of sulfonamides is 1. The maximum absolute atomic E-state index is 12.9. The average molecular weight is 462 g/mol. The number of aryl methyl sites for hydroxylation is 2. The van der Waals surface area contributed by atoms with Crippen LogP contribution in [0.5, 0.6) is 0 Å². The number of nitrogens with one attached hydrogen (secondary N) is 1. The van der Waals surface area contributed by atoms with Gasteiger partial charge in [-0.05, 0) is 50.1 Å². The fourth-order valence-electron chi connectivity index (χ4n) is 3.76. The summed E-state index contributed by atoms with van der Waals surface area (Å²) in [4.78, 5) is 25.7.